The van der Waals surface area contributed by atoms with Crippen LogP contribution in [0.1, 0.15) is 30.6 Å². The zero-order chi connectivity index (χ0) is 13.1. The van der Waals surface area contributed by atoms with Crippen molar-refractivity contribution in [3.63, 3.8) is 0 Å². The molecule has 0 fully saturated rings. The average molecular weight is 276 g/mol. The van der Waals surface area contributed by atoms with Crippen LogP contribution >= 0.6 is 23.2 Å². The Kier molecular flexibility index (Phi) is 4.66. The lowest BCUT2D eigenvalue weighted by atomic mass is 10.0. The highest BCUT2D eigenvalue weighted by atomic mass is 35.5. The van der Waals surface area contributed by atoms with E-state index in [0.717, 1.165) is 0 Å². The monoisotopic (exact) mass is 275 g/mol. The lowest BCUT2D eigenvalue weighted by Gasteiger charge is -2.27. The van der Waals surface area contributed by atoms with Crippen molar-refractivity contribution in [1.29, 1.82) is 0 Å². The van der Waals surface area contributed by atoms with Crippen molar-refractivity contribution in [2.24, 2.45) is 0 Å². The number of carbonyl (C=O) groups excluding carboxylic acids is 1. The Bertz CT molecular complexity index is 417. The molecule has 2 N–H and O–H groups in total. The van der Waals surface area contributed by atoms with Gasteiger partial charge in [-0.1, -0.05) is 18.5 Å². The summed E-state index contributed by atoms with van der Waals surface area (Å²) in [6, 6.07) is 4.25. The van der Waals surface area contributed by atoms with Crippen molar-refractivity contribution in [3.8, 4) is 5.75 Å². The van der Waals surface area contributed by atoms with Crippen LogP contribution in [0.3, 0.4) is 0 Å². The second-order valence-corrected chi connectivity index (χ2v) is 4.84. The molecular weight excluding hydrogens is 261 g/mol. The van der Waals surface area contributed by atoms with E-state index in [-0.39, 0.29) is 17.2 Å². The Morgan fingerprint density at radius 2 is 2.18 bits per heavy atom. The summed E-state index contributed by atoms with van der Waals surface area (Å²) in [7, 11) is 0. The molecule has 1 amide bonds. The zero-order valence-electron chi connectivity index (χ0n) is 9.76. The molecule has 0 heterocycles. The van der Waals surface area contributed by atoms with Gasteiger partial charge in [-0.15, -0.1) is 11.6 Å². The van der Waals surface area contributed by atoms with Gasteiger partial charge in [0.05, 0.1) is 16.1 Å². The summed E-state index contributed by atoms with van der Waals surface area (Å²) in [5, 5.41) is 12.4. The molecule has 1 aromatic carbocycles. The summed E-state index contributed by atoms with van der Waals surface area (Å²) in [6.45, 7) is 3.79. The largest absolute Gasteiger partial charge is 0.508 e. The van der Waals surface area contributed by atoms with Crippen LogP contribution in [0.5, 0.6) is 5.75 Å². The molecule has 0 bridgehead atoms. The maximum atomic E-state index is 12.0. The molecule has 17 heavy (non-hydrogen) atoms. The quantitative estimate of drug-likeness (QED) is 0.830. The Morgan fingerprint density at radius 3 is 2.71 bits per heavy atom. The topological polar surface area (TPSA) is 49.3 Å². The molecule has 1 atom stereocenters. The first-order valence-corrected chi connectivity index (χ1v) is 6.20. The Balaban J connectivity index is 2.94. The van der Waals surface area contributed by atoms with E-state index in [0.29, 0.717) is 17.3 Å². The third-order valence-electron chi connectivity index (χ3n) is 2.69. The lowest BCUT2D eigenvalue weighted by molar-refractivity contribution is 0.0912. The molecule has 94 valence electrons. The third-order valence-corrected chi connectivity index (χ3v) is 3.60. The van der Waals surface area contributed by atoms with Gasteiger partial charge < -0.3 is 10.4 Å². The first-order chi connectivity index (χ1) is 7.91. The van der Waals surface area contributed by atoms with Crippen molar-refractivity contribution < 1.29 is 9.90 Å². The lowest BCUT2D eigenvalue weighted by Crippen LogP contribution is -2.47. The van der Waals surface area contributed by atoms with Crippen LogP contribution in [0.4, 0.5) is 0 Å². The predicted molar refractivity (Wildman–Crippen MR) is 70.0 cm³/mol. The van der Waals surface area contributed by atoms with Gasteiger partial charge in [0.15, 0.2) is 0 Å². The predicted octanol–water partition coefficient (Wildman–Crippen LogP) is 3.18. The van der Waals surface area contributed by atoms with Crippen molar-refractivity contribution in [2.75, 3.05) is 5.88 Å². The van der Waals surface area contributed by atoms with Crippen molar-refractivity contribution >= 4 is 29.1 Å². The van der Waals surface area contributed by atoms with E-state index in [1.165, 1.54) is 18.2 Å². The van der Waals surface area contributed by atoms with Crippen LogP contribution in [-0.4, -0.2) is 22.4 Å². The molecule has 5 heteroatoms. The number of hydrogen-bond acceptors (Lipinski definition) is 2. The van der Waals surface area contributed by atoms with Gasteiger partial charge in [-0.3, -0.25) is 4.79 Å². The van der Waals surface area contributed by atoms with Gasteiger partial charge in [-0.2, -0.15) is 0 Å². The molecule has 0 radical (unpaired) electrons. The van der Waals surface area contributed by atoms with Crippen molar-refractivity contribution in [1.82, 2.24) is 5.32 Å². The van der Waals surface area contributed by atoms with Gasteiger partial charge in [0.2, 0.25) is 0 Å². The number of carbonyl (C=O) groups is 1. The minimum atomic E-state index is -0.479. The highest BCUT2D eigenvalue weighted by Gasteiger charge is 2.24. The number of rotatable bonds is 4. The number of aromatic hydroxyl groups is 1. The number of nitrogens with one attached hydrogen (secondary N) is 1. The van der Waals surface area contributed by atoms with E-state index < -0.39 is 5.54 Å². The smallest absolute Gasteiger partial charge is 0.253 e. The number of amides is 1. The molecule has 0 aliphatic carbocycles. The van der Waals surface area contributed by atoms with E-state index in [2.05, 4.69) is 5.32 Å². The molecule has 0 saturated heterocycles. The Labute approximate surface area is 111 Å². The Morgan fingerprint density at radius 1 is 1.53 bits per heavy atom. The second-order valence-electron chi connectivity index (χ2n) is 4.17. The van der Waals surface area contributed by atoms with Crippen LogP contribution in [0.25, 0.3) is 0 Å². The summed E-state index contributed by atoms with van der Waals surface area (Å²) in [5.41, 5.74) is -0.232. The fourth-order valence-electron chi connectivity index (χ4n) is 1.24. The minimum Gasteiger partial charge on any atom is -0.508 e. The number of halogens is 2. The van der Waals surface area contributed by atoms with E-state index in [4.69, 9.17) is 23.2 Å². The number of benzene rings is 1. The standard InChI is InChI=1S/C12H15Cl2NO2/c1-3-12(2,7-13)15-11(17)9-6-8(16)4-5-10(9)14/h4-6,16H,3,7H2,1-2H3,(H,15,17). The molecule has 0 saturated carbocycles. The van der Waals surface area contributed by atoms with Crippen LogP contribution in [0, 0.1) is 0 Å². The summed E-state index contributed by atoms with van der Waals surface area (Å²) < 4.78 is 0. The molecule has 0 aromatic heterocycles. The van der Waals surface area contributed by atoms with Gasteiger partial charge in [0.25, 0.3) is 5.91 Å². The average Bonchev–Trinajstić information content (AvgIpc) is 2.32. The van der Waals surface area contributed by atoms with E-state index in [1.54, 1.807) is 0 Å². The van der Waals surface area contributed by atoms with Gasteiger partial charge in [0.1, 0.15) is 5.75 Å². The summed E-state index contributed by atoms with van der Waals surface area (Å²) in [5.74, 6) is -0.0226. The fourth-order valence-corrected chi connectivity index (χ4v) is 1.70. The SMILES string of the molecule is CCC(C)(CCl)NC(=O)c1cc(O)ccc1Cl. The highest BCUT2D eigenvalue weighted by molar-refractivity contribution is 6.34. The van der Waals surface area contributed by atoms with Crippen LogP contribution in [0.15, 0.2) is 18.2 Å². The van der Waals surface area contributed by atoms with E-state index >= 15 is 0 Å². The second kappa shape index (κ2) is 5.61. The molecule has 1 unspecified atom stereocenters. The molecule has 1 aromatic rings. The molecule has 0 aliphatic heterocycles. The highest BCUT2D eigenvalue weighted by Crippen LogP contribution is 2.22. The third kappa shape index (κ3) is 3.51. The first kappa shape index (κ1) is 14.1. The van der Waals surface area contributed by atoms with Gasteiger partial charge in [0, 0.05) is 5.88 Å². The zero-order valence-corrected chi connectivity index (χ0v) is 11.3. The van der Waals surface area contributed by atoms with Crippen molar-refractivity contribution in [2.45, 2.75) is 25.8 Å². The number of hydrogen-bond donors (Lipinski definition) is 2. The van der Waals surface area contributed by atoms with Gasteiger partial charge in [-0.25, -0.2) is 0 Å². The van der Waals surface area contributed by atoms with E-state index in [9.17, 15) is 9.90 Å². The fraction of sp³-hybridized carbons (Fsp3) is 0.417. The first-order valence-electron chi connectivity index (χ1n) is 5.29. The van der Waals surface area contributed by atoms with Crippen LogP contribution in [0.2, 0.25) is 5.02 Å². The maximum Gasteiger partial charge on any atom is 0.253 e. The number of phenols is 1. The number of alkyl halides is 1. The van der Waals surface area contributed by atoms with E-state index in [1.807, 2.05) is 13.8 Å². The molecule has 3 nitrogen and oxygen atoms in total. The van der Waals surface area contributed by atoms with Gasteiger partial charge >= 0.3 is 0 Å². The minimum absolute atomic E-state index is 0.00336. The molecule has 0 aliphatic rings. The van der Waals surface area contributed by atoms with Crippen LogP contribution in [-0.2, 0) is 0 Å². The molecule has 1 rings (SSSR count). The van der Waals surface area contributed by atoms with Crippen LogP contribution < -0.4 is 5.32 Å². The maximum absolute atomic E-state index is 12.0. The summed E-state index contributed by atoms with van der Waals surface area (Å²) in [4.78, 5) is 12.0. The molecule has 0 spiro atoms. The van der Waals surface area contributed by atoms with Gasteiger partial charge in [-0.05, 0) is 31.5 Å². The summed E-state index contributed by atoms with van der Waals surface area (Å²) >= 11 is 11.7. The molecular formula is C12H15Cl2NO2. The summed E-state index contributed by atoms with van der Waals surface area (Å²) in [6.07, 6.45) is 0.707. The van der Waals surface area contributed by atoms with Crippen molar-refractivity contribution in [3.05, 3.63) is 28.8 Å². The number of phenolic OH excluding ortho intramolecular Hbond substituents is 1. The normalized spacial score (nSPS) is 14.1. The Hall–Kier alpha value is -0.930.